The monoisotopic (exact) mass is 278 g/mol. The van der Waals surface area contributed by atoms with Gasteiger partial charge in [-0.3, -0.25) is 9.13 Å². The highest BCUT2D eigenvalue weighted by Gasteiger charge is 2.37. The molecule has 0 fully saturated rings. The van der Waals surface area contributed by atoms with Gasteiger partial charge >= 0.3 is 23.0 Å². The van der Waals surface area contributed by atoms with Crippen molar-refractivity contribution in [1.29, 1.82) is 0 Å². The number of rotatable bonds is 6. The van der Waals surface area contributed by atoms with Gasteiger partial charge in [0, 0.05) is 11.6 Å². The molecular weight excluding hydrogens is 269 g/mol. The molecule has 11 heteroatoms. The second-order valence-electron chi connectivity index (χ2n) is 2.13. The highest BCUT2D eigenvalue weighted by molar-refractivity contribution is 7.71. The molecule has 2 unspecified atom stereocenters. The van der Waals surface area contributed by atoms with Gasteiger partial charge in [0.15, 0.2) is 0 Å². The Balaban J connectivity index is 4.81. The predicted octanol–water partition coefficient (Wildman–Crippen LogP) is 1.78. The predicted molar refractivity (Wildman–Crippen MR) is 52.0 cm³/mol. The Morgan fingerprint density at radius 1 is 0.867 bits per heavy atom. The van der Waals surface area contributed by atoms with Crippen molar-refractivity contribution in [1.82, 2.24) is 0 Å². The van der Waals surface area contributed by atoms with E-state index in [0.717, 1.165) is 0 Å². The van der Waals surface area contributed by atoms with Crippen LogP contribution in [0, 0.1) is 0 Å². The SMILES string of the molecule is C=CP(=O)(O)OP(=O)(O)OP(=O)(O)C=C. The minimum atomic E-state index is -5.14. The van der Waals surface area contributed by atoms with Gasteiger partial charge in [0.05, 0.1) is 0 Å². The van der Waals surface area contributed by atoms with Crippen LogP contribution in [0.3, 0.4) is 0 Å². The summed E-state index contributed by atoms with van der Waals surface area (Å²) in [5.41, 5.74) is 0. The lowest BCUT2D eigenvalue weighted by Crippen LogP contribution is -1.90. The van der Waals surface area contributed by atoms with Crippen LogP contribution in [0.25, 0.3) is 0 Å². The third-order valence-electron chi connectivity index (χ3n) is 0.902. The molecule has 88 valence electrons. The van der Waals surface area contributed by atoms with Gasteiger partial charge in [0.1, 0.15) is 0 Å². The van der Waals surface area contributed by atoms with Crippen molar-refractivity contribution in [2.75, 3.05) is 0 Å². The second kappa shape index (κ2) is 4.87. The lowest BCUT2D eigenvalue weighted by atomic mass is 11.3. The summed E-state index contributed by atoms with van der Waals surface area (Å²) in [4.78, 5) is 26.3. The highest BCUT2D eigenvalue weighted by Crippen LogP contribution is 2.67. The van der Waals surface area contributed by atoms with Crippen molar-refractivity contribution in [2.45, 2.75) is 0 Å². The molecule has 0 radical (unpaired) electrons. The van der Waals surface area contributed by atoms with E-state index in [1.807, 2.05) is 0 Å². The first-order valence-electron chi connectivity index (χ1n) is 3.21. The van der Waals surface area contributed by atoms with Crippen LogP contribution in [0.4, 0.5) is 0 Å². The maximum atomic E-state index is 10.9. The molecule has 2 atom stereocenters. The number of phosphoric acid groups is 1. The van der Waals surface area contributed by atoms with Crippen molar-refractivity contribution >= 4 is 23.0 Å². The fraction of sp³-hybridized carbons (Fsp3) is 0. The van der Waals surface area contributed by atoms with Gasteiger partial charge in [-0.05, 0) is 0 Å². The van der Waals surface area contributed by atoms with E-state index >= 15 is 0 Å². The third-order valence-corrected chi connectivity index (χ3v) is 5.35. The van der Waals surface area contributed by atoms with Crippen LogP contribution in [0.15, 0.2) is 24.8 Å². The molecule has 0 spiro atoms. The first-order chi connectivity index (χ1) is 6.54. The summed E-state index contributed by atoms with van der Waals surface area (Å²) in [6.45, 7) is 5.71. The lowest BCUT2D eigenvalue weighted by molar-refractivity contribution is 0.262. The normalized spacial score (nSPS) is 23.1. The summed E-state index contributed by atoms with van der Waals surface area (Å²) in [6.07, 6.45) is 0. The summed E-state index contributed by atoms with van der Waals surface area (Å²) in [5, 5.41) is 0. The topological polar surface area (TPSA) is 130 Å². The maximum Gasteiger partial charge on any atom is 0.487 e. The van der Waals surface area contributed by atoms with Crippen LogP contribution in [0.5, 0.6) is 0 Å². The molecule has 0 rings (SSSR count). The zero-order valence-electron chi connectivity index (χ0n) is 7.29. The molecule has 0 heterocycles. The molecule has 0 aliphatic heterocycles. The van der Waals surface area contributed by atoms with E-state index in [-0.39, 0.29) is 0 Å². The molecule has 0 saturated heterocycles. The van der Waals surface area contributed by atoms with E-state index < -0.39 is 23.0 Å². The van der Waals surface area contributed by atoms with Crippen LogP contribution in [-0.2, 0) is 22.3 Å². The Hall–Kier alpha value is -0.0300. The van der Waals surface area contributed by atoms with Crippen LogP contribution >= 0.6 is 23.0 Å². The Morgan fingerprint density at radius 2 is 1.13 bits per heavy atom. The molecule has 0 amide bonds. The quantitative estimate of drug-likeness (QED) is 0.626. The highest BCUT2D eigenvalue weighted by atomic mass is 31.3. The van der Waals surface area contributed by atoms with Crippen molar-refractivity contribution < 1.29 is 37.0 Å². The first kappa shape index (κ1) is 15.0. The Kier molecular flexibility index (Phi) is 4.86. The van der Waals surface area contributed by atoms with Crippen LogP contribution < -0.4 is 0 Å². The molecule has 0 aliphatic rings. The van der Waals surface area contributed by atoms with E-state index in [2.05, 4.69) is 21.8 Å². The lowest BCUT2D eigenvalue weighted by Gasteiger charge is -2.14. The smallest absolute Gasteiger partial charge is 0.321 e. The second-order valence-corrected chi connectivity index (χ2v) is 7.36. The van der Waals surface area contributed by atoms with Gasteiger partial charge < -0.3 is 14.7 Å². The van der Waals surface area contributed by atoms with Crippen molar-refractivity contribution in [3.8, 4) is 0 Å². The van der Waals surface area contributed by atoms with Crippen molar-refractivity contribution in [2.24, 2.45) is 0 Å². The molecule has 0 aromatic carbocycles. The van der Waals surface area contributed by atoms with Gasteiger partial charge in [0.2, 0.25) is 0 Å². The van der Waals surface area contributed by atoms with Crippen LogP contribution in [0.2, 0.25) is 0 Å². The molecule has 0 aliphatic carbocycles. The van der Waals surface area contributed by atoms with E-state index in [1.54, 1.807) is 0 Å². The summed E-state index contributed by atoms with van der Waals surface area (Å²) < 4.78 is 39.9. The molecule has 8 nitrogen and oxygen atoms in total. The van der Waals surface area contributed by atoms with E-state index in [1.165, 1.54) is 0 Å². The molecular formula is C4H9O8P3. The summed E-state index contributed by atoms with van der Waals surface area (Å²) in [5.74, 6) is 0.741. The van der Waals surface area contributed by atoms with Crippen LogP contribution in [0.1, 0.15) is 0 Å². The average Bonchev–Trinajstić information content (AvgIpc) is 2.00. The van der Waals surface area contributed by atoms with E-state index in [9.17, 15) is 13.7 Å². The molecule has 0 saturated carbocycles. The van der Waals surface area contributed by atoms with Gasteiger partial charge in [0.25, 0.3) is 0 Å². The minimum Gasteiger partial charge on any atom is -0.321 e. The van der Waals surface area contributed by atoms with Gasteiger partial charge in [-0.1, -0.05) is 13.2 Å². The molecule has 3 N–H and O–H groups in total. The van der Waals surface area contributed by atoms with Gasteiger partial charge in [-0.25, -0.2) is 13.2 Å². The summed E-state index contributed by atoms with van der Waals surface area (Å²) in [7, 11) is -14.2. The Bertz CT molecular complexity index is 365. The molecule has 0 aromatic rings. The molecule has 0 bridgehead atoms. The zero-order valence-corrected chi connectivity index (χ0v) is 9.98. The Labute approximate surface area is 85.5 Å². The number of hydrogen-bond donors (Lipinski definition) is 3. The third kappa shape index (κ3) is 6.20. The van der Waals surface area contributed by atoms with Gasteiger partial charge in [-0.2, -0.15) is 0 Å². The number of hydrogen-bond acceptors (Lipinski definition) is 5. The van der Waals surface area contributed by atoms with Crippen LogP contribution in [-0.4, -0.2) is 14.7 Å². The maximum absolute atomic E-state index is 10.9. The fourth-order valence-corrected chi connectivity index (χ4v) is 3.66. The standard InChI is InChI=1S/C4H9O8P3/c1-3-13(5,6)11-15(9,10)12-14(7,8)4-2/h3-4H,1-2H2,(H,5,6)(H,7,8)(H,9,10). The van der Waals surface area contributed by atoms with Crippen molar-refractivity contribution in [3.63, 3.8) is 0 Å². The molecule has 15 heavy (non-hydrogen) atoms. The first-order valence-corrected chi connectivity index (χ1v) is 8.00. The van der Waals surface area contributed by atoms with E-state index in [4.69, 9.17) is 14.7 Å². The van der Waals surface area contributed by atoms with E-state index in [0.29, 0.717) is 11.6 Å². The largest absolute Gasteiger partial charge is 0.487 e. The minimum absolute atomic E-state index is 0.370. The van der Waals surface area contributed by atoms with Gasteiger partial charge in [-0.15, -0.1) is 0 Å². The zero-order chi connectivity index (χ0) is 12.3. The molecule has 0 aromatic heterocycles. The Morgan fingerprint density at radius 3 is 1.33 bits per heavy atom. The summed E-state index contributed by atoms with van der Waals surface area (Å²) >= 11 is 0. The van der Waals surface area contributed by atoms with Crippen molar-refractivity contribution in [3.05, 3.63) is 24.8 Å². The average molecular weight is 278 g/mol. The fourth-order valence-electron chi connectivity index (χ4n) is 0.377. The summed E-state index contributed by atoms with van der Waals surface area (Å²) in [6, 6.07) is 0.